The van der Waals surface area contributed by atoms with Crippen LogP contribution in [-0.2, 0) is 17.8 Å². The van der Waals surface area contributed by atoms with Crippen molar-refractivity contribution in [2.24, 2.45) is 4.99 Å². The predicted molar refractivity (Wildman–Crippen MR) is 131 cm³/mol. The molecular formula is C22H33IN4O2. The summed E-state index contributed by atoms with van der Waals surface area (Å²) in [7, 11) is 1.70. The molecule has 6 nitrogen and oxygen atoms in total. The monoisotopic (exact) mass is 512 g/mol. The smallest absolute Gasteiger partial charge is 0.191 e. The van der Waals surface area contributed by atoms with Crippen molar-refractivity contribution in [1.29, 1.82) is 0 Å². The molecule has 0 fully saturated rings. The molecule has 2 rings (SSSR count). The molecule has 0 saturated carbocycles. The third kappa shape index (κ3) is 9.36. The Kier molecular flexibility index (Phi) is 12.9. The summed E-state index contributed by atoms with van der Waals surface area (Å²) in [5.41, 5.74) is 3.35. The van der Waals surface area contributed by atoms with E-state index in [0.717, 1.165) is 41.6 Å². The maximum absolute atomic E-state index is 5.69. The zero-order valence-electron chi connectivity index (χ0n) is 17.5. The van der Waals surface area contributed by atoms with Crippen molar-refractivity contribution in [2.75, 3.05) is 38.7 Å². The van der Waals surface area contributed by atoms with E-state index >= 15 is 0 Å². The molecule has 0 aliphatic heterocycles. The number of nitrogens with one attached hydrogen (secondary N) is 3. The quantitative estimate of drug-likeness (QED) is 0.184. The lowest BCUT2D eigenvalue weighted by Gasteiger charge is -2.14. The molecule has 7 heteroatoms. The molecule has 0 saturated heterocycles. The number of aliphatic imine (C=N–C) groups is 1. The largest absolute Gasteiger partial charge is 0.494 e. The van der Waals surface area contributed by atoms with Crippen LogP contribution in [0.1, 0.15) is 25.0 Å². The Morgan fingerprint density at radius 3 is 2.45 bits per heavy atom. The second-order valence-corrected chi connectivity index (χ2v) is 6.21. The predicted octanol–water partition coefficient (Wildman–Crippen LogP) is 4.02. The van der Waals surface area contributed by atoms with E-state index in [4.69, 9.17) is 14.5 Å². The highest BCUT2D eigenvalue weighted by Gasteiger charge is 2.04. The number of halogens is 1. The van der Waals surface area contributed by atoms with Crippen LogP contribution in [0.25, 0.3) is 0 Å². The van der Waals surface area contributed by atoms with Crippen molar-refractivity contribution in [3.63, 3.8) is 0 Å². The van der Waals surface area contributed by atoms with Gasteiger partial charge < -0.3 is 25.4 Å². The van der Waals surface area contributed by atoms with E-state index in [1.165, 1.54) is 0 Å². The molecule has 29 heavy (non-hydrogen) atoms. The molecule has 2 aromatic rings. The van der Waals surface area contributed by atoms with Crippen molar-refractivity contribution in [2.45, 2.75) is 26.9 Å². The SMILES string of the molecule is CCNC(=NCc1ccc(NCCOC)cc1)NCc1ccccc1OCC.I. The van der Waals surface area contributed by atoms with Crippen molar-refractivity contribution < 1.29 is 9.47 Å². The fourth-order valence-electron chi connectivity index (χ4n) is 2.66. The number of hydrogen-bond acceptors (Lipinski definition) is 4. The molecule has 0 heterocycles. The van der Waals surface area contributed by atoms with Crippen LogP contribution in [0.15, 0.2) is 53.5 Å². The van der Waals surface area contributed by atoms with Gasteiger partial charge in [-0.1, -0.05) is 30.3 Å². The normalized spacial score (nSPS) is 10.8. The highest BCUT2D eigenvalue weighted by atomic mass is 127. The van der Waals surface area contributed by atoms with Gasteiger partial charge in [0.25, 0.3) is 0 Å². The van der Waals surface area contributed by atoms with Crippen LogP contribution in [0.2, 0.25) is 0 Å². The highest BCUT2D eigenvalue weighted by Crippen LogP contribution is 2.17. The number of para-hydroxylation sites is 1. The van der Waals surface area contributed by atoms with E-state index < -0.39 is 0 Å². The molecule has 160 valence electrons. The first kappa shape index (κ1) is 25.0. The van der Waals surface area contributed by atoms with Gasteiger partial charge in [-0.3, -0.25) is 0 Å². The fourth-order valence-corrected chi connectivity index (χ4v) is 2.66. The topological polar surface area (TPSA) is 66.9 Å². The maximum Gasteiger partial charge on any atom is 0.191 e. The second kappa shape index (κ2) is 14.9. The maximum atomic E-state index is 5.69. The van der Waals surface area contributed by atoms with E-state index in [-0.39, 0.29) is 24.0 Å². The van der Waals surface area contributed by atoms with Crippen LogP contribution >= 0.6 is 24.0 Å². The van der Waals surface area contributed by atoms with Gasteiger partial charge in [0.05, 0.1) is 19.8 Å². The van der Waals surface area contributed by atoms with Crippen LogP contribution < -0.4 is 20.7 Å². The van der Waals surface area contributed by atoms with E-state index in [1.807, 2.05) is 25.1 Å². The Balaban J connectivity index is 0.00000420. The van der Waals surface area contributed by atoms with E-state index in [2.05, 4.69) is 53.2 Å². The number of nitrogens with zero attached hydrogens (tertiary/aromatic N) is 1. The van der Waals surface area contributed by atoms with Gasteiger partial charge in [-0.15, -0.1) is 24.0 Å². The van der Waals surface area contributed by atoms with Crippen molar-refractivity contribution in [3.8, 4) is 5.75 Å². The summed E-state index contributed by atoms with van der Waals surface area (Å²) in [5, 5.41) is 9.99. The summed E-state index contributed by atoms with van der Waals surface area (Å²) in [4.78, 5) is 4.69. The third-order valence-corrected chi connectivity index (χ3v) is 4.07. The van der Waals surface area contributed by atoms with E-state index in [1.54, 1.807) is 7.11 Å². The van der Waals surface area contributed by atoms with Gasteiger partial charge in [-0.05, 0) is 37.6 Å². The Labute approximate surface area is 191 Å². The minimum absolute atomic E-state index is 0. The number of methoxy groups -OCH3 is 1. The van der Waals surface area contributed by atoms with Gasteiger partial charge in [0, 0.05) is 38.0 Å². The van der Waals surface area contributed by atoms with Gasteiger partial charge in [-0.2, -0.15) is 0 Å². The van der Waals surface area contributed by atoms with E-state index in [0.29, 0.717) is 26.3 Å². The molecule has 0 atom stereocenters. The molecular weight excluding hydrogens is 479 g/mol. The molecule has 0 aliphatic rings. The van der Waals surface area contributed by atoms with Gasteiger partial charge >= 0.3 is 0 Å². The number of rotatable bonds is 11. The molecule has 0 amide bonds. The summed E-state index contributed by atoms with van der Waals surface area (Å²) in [6, 6.07) is 16.4. The molecule has 0 unspecified atom stereocenters. The molecule has 0 radical (unpaired) electrons. The first-order valence-electron chi connectivity index (χ1n) is 9.81. The zero-order valence-corrected chi connectivity index (χ0v) is 19.9. The summed E-state index contributed by atoms with van der Waals surface area (Å²) < 4.78 is 10.7. The Bertz CT molecular complexity index is 723. The van der Waals surface area contributed by atoms with Gasteiger partial charge in [-0.25, -0.2) is 4.99 Å². The number of ether oxygens (including phenoxy) is 2. The summed E-state index contributed by atoms with van der Waals surface area (Å²) in [6.45, 7) is 8.27. The molecule has 2 aromatic carbocycles. The Morgan fingerprint density at radius 2 is 1.76 bits per heavy atom. The number of guanidine groups is 1. The Hall–Kier alpha value is -2.00. The first-order valence-corrected chi connectivity index (χ1v) is 9.81. The summed E-state index contributed by atoms with van der Waals surface area (Å²) in [5.74, 6) is 1.70. The minimum atomic E-state index is 0. The van der Waals surface area contributed by atoms with Crippen molar-refractivity contribution in [1.82, 2.24) is 10.6 Å². The number of anilines is 1. The second-order valence-electron chi connectivity index (χ2n) is 6.21. The van der Waals surface area contributed by atoms with E-state index in [9.17, 15) is 0 Å². The third-order valence-electron chi connectivity index (χ3n) is 4.07. The highest BCUT2D eigenvalue weighted by molar-refractivity contribution is 14.0. The standard InChI is InChI=1S/C22H32N4O2.HI/c1-4-23-22(26-17-19-8-6-7-9-21(19)28-5-2)25-16-18-10-12-20(13-11-18)24-14-15-27-3;/h6-13,24H,4-5,14-17H2,1-3H3,(H2,23,25,26);1H. The lowest BCUT2D eigenvalue weighted by Crippen LogP contribution is -2.36. The molecule has 0 aliphatic carbocycles. The van der Waals surface area contributed by atoms with Gasteiger partial charge in [0.2, 0.25) is 0 Å². The Morgan fingerprint density at radius 1 is 1.00 bits per heavy atom. The van der Waals surface area contributed by atoms with Crippen molar-refractivity contribution in [3.05, 3.63) is 59.7 Å². The molecule has 0 spiro atoms. The summed E-state index contributed by atoms with van der Waals surface area (Å²) >= 11 is 0. The van der Waals surface area contributed by atoms with Crippen LogP contribution in [-0.4, -0.2) is 39.4 Å². The molecule has 0 bridgehead atoms. The zero-order chi connectivity index (χ0) is 20.0. The molecule has 3 N–H and O–H groups in total. The van der Waals surface area contributed by atoms with Gasteiger partial charge in [0.15, 0.2) is 5.96 Å². The average molecular weight is 512 g/mol. The number of hydrogen-bond donors (Lipinski definition) is 3. The lowest BCUT2D eigenvalue weighted by atomic mass is 10.2. The minimum Gasteiger partial charge on any atom is -0.494 e. The average Bonchev–Trinajstić information content (AvgIpc) is 2.72. The summed E-state index contributed by atoms with van der Waals surface area (Å²) in [6.07, 6.45) is 0. The number of benzene rings is 2. The first-order chi connectivity index (χ1) is 13.8. The van der Waals surface area contributed by atoms with Crippen LogP contribution in [0.3, 0.4) is 0 Å². The van der Waals surface area contributed by atoms with Crippen LogP contribution in [0.5, 0.6) is 5.75 Å². The lowest BCUT2D eigenvalue weighted by molar-refractivity contribution is 0.211. The fraction of sp³-hybridized carbons (Fsp3) is 0.409. The van der Waals surface area contributed by atoms with Crippen molar-refractivity contribution >= 4 is 35.6 Å². The van der Waals surface area contributed by atoms with Crippen LogP contribution in [0.4, 0.5) is 5.69 Å². The van der Waals surface area contributed by atoms with Crippen LogP contribution in [0, 0.1) is 0 Å². The van der Waals surface area contributed by atoms with Gasteiger partial charge in [0.1, 0.15) is 5.75 Å². The molecule has 0 aromatic heterocycles.